The second-order valence-electron chi connectivity index (χ2n) is 5.67. The highest BCUT2D eigenvalue weighted by molar-refractivity contribution is 5.44. The third-order valence-electron chi connectivity index (χ3n) is 3.98. The molecular weight excluding hydrogens is 274 g/mol. The molecule has 1 unspecified atom stereocenters. The molecule has 0 amide bonds. The minimum Gasteiger partial charge on any atom is -0.490 e. The zero-order valence-corrected chi connectivity index (χ0v) is 13.0. The van der Waals surface area contributed by atoms with E-state index in [1.54, 1.807) is 0 Å². The lowest BCUT2D eigenvalue weighted by Gasteiger charge is -2.16. The van der Waals surface area contributed by atoms with Crippen LogP contribution in [0.15, 0.2) is 48.5 Å². The molecule has 1 aliphatic rings. The van der Waals surface area contributed by atoms with E-state index >= 15 is 0 Å². The van der Waals surface area contributed by atoms with Crippen LogP contribution in [0.1, 0.15) is 30.5 Å². The van der Waals surface area contributed by atoms with Crippen molar-refractivity contribution in [2.75, 3.05) is 19.8 Å². The average molecular weight is 297 g/mol. The van der Waals surface area contributed by atoms with Gasteiger partial charge in [-0.25, -0.2) is 0 Å². The van der Waals surface area contributed by atoms with Gasteiger partial charge in [-0.15, -0.1) is 0 Å². The molecule has 1 heterocycles. The van der Waals surface area contributed by atoms with Gasteiger partial charge in [-0.3, -0.25) is 0 Å². The van der Waals surface area contributed by atoms with Crippen LogP contribution < -0.4 is 14.8 Å². The van der Waals surface area contributed by atoms with Gasteiger partial charge in [0.05, 0.1) is 13.2 Å². The Hall–Kier alpha value is -2.00. The molecule has 1 atom stereocenters. The predicted molar refractivity (Wildman–Crippen MR) is 88.6 cm³/mol. The van der Waals surface area contributed by atoms with Gasteiger partial charge >= 0.3 is 0 Å². The Bertz CT molecular complexity index is 598. The molecule has 0 spiro atoms. The minimum absolute atomic E-state index is 0.292. The fourth-order valence-electron chi connectivity index (χ4n) is 2.64. The van der Waals surface area contributed by atoms with Crippen molar-refractivity contribution < 1.29 is 9.47 Å². The van der Waals surface area contributed by atoms with Crippen LogP contribution in [0.2, 0.25) is 0 Å². The summed E-state index contributed by atoms with van der Waals surface area (Å²) in [7, 11) is 0. The molecule has 0 saturated heterocycles. The quantitative estimate of drug-likeness (QED) is 0.912. The number of hydrogen-bond acceptors (Lipinski definition) is 3. The van der Waals surface area contributed by atoms with Crippen LogP contribution >= 0.6 is 0 Å². The minimum atomic E-state index is 0.292. The maximum atomic E-state index is 5.76. The third-order valence-corrected chi connectivity index (χ3v) is 3.98. The SMILES string of the molecule is CC(NCCc1ccccc1)c1ccc2c(c1)OCCCO2. The summed E-state index contributed by atoms with van der Waals surface area (Å²) in [5.74, 6) is 1.73. The molecule has 0 fully saturated rings. The number of fused-ring (bicyclic) bond motifs is 1. The van der Waals surface area contributed by atoms with Gasteiger partial charge in [0, 0.05) is 12.5 Å². The van der Waals surface area contributed by atoms with Crippen molar-refractivity contribution in [2.24, 2.45) is 0 Å². The van der Waals surface area contributed by atoms with E-state index in [9.17, 15) is 0 Å². The van der Waals surface area contributed by atoms with E-state index in [1.165, 1.54) is 11.1 Å². The van der Waals surface area contributed by atoms with E-state index < -0.39 is 0 Å². The van der Waals surface area contributed by atoms with E-state index in [4.69, 9.17) is 9.47 Å². The van der Waals surface area contributed by atoms with Crippen LogP contribution in [0.3, 0.4) is 0 Å². The fraction of sp³-hybridized carbons (Fsp3) is 0.368. The second kappa shape index (κ2) is 7.32. The van der Waals surface area contributed by atoms with Gasteiger partial charge in [-0.1, -0.05) is 36.4 Å². The highest BCUT2D eigenvalue weighted by Crippen LogP contribution is 2.32. The number of nitrogens with one attached hydrogen (secondary N) is 1. The molecule has 3 heteroatoms. The lowest BCUT2D eigenvalue weighted by atomic mass is 10.1. The highest BCUT2D eigenvalue weighted by atomic mass is 16.5. The Morgan fingerprint density at radius 3 is 2.59 bits per heavy atom. The first-order chi connectivity index (χ1) is 10.8. The number of benzene rings is 2. The lowest BCUT2D eigenvalue weighted by Crippen LogP contribution is -2.21. The van der Waals surface area contributed by atoms with Crippen LogP contribution in [0.25, 0.3) is 0 Å². The van der Waals surface area contributed by atoms with Crippen LogP contribution in [0.4, 0.5) is 0 Å². The number of rotatable bonds is 5. The summed E-state index contributed by atoms with van der Waals surface area (Å²) in [6.45, 7) is 4.60. The standard InChI is InChI=1S/C19H23NO2/c1-15(20-11-10-16-6-3-2-4-7-16)17-8-9-18-19(14-17)22-13-5-12-21-18/h2-4,6-9,14-15,20H,5,10-13H2,1H3. The lowest BCUT2D eigenvalue weighted by molar-refractivity contribution is 0.297. The van der Waals surface area contributed by atoms with Crippen LogP contribution in [-0.2, 0) is 6.42 Å². The molecule has 0 aromatic heterocycles. The Labute approximate surface area is 132 Å². The Morgan fingerprint density at radius 1 is 1.00 bits per heavy atom. The van der Waals surface area contributed by atoms with Gasteiger partial charge in [-0.2, -0.15) is 0 Å². The van der Waals surface area contributed by atoms with Crippen molar-refractivity contribution in [3.63, 3.8) is 0 Å². The van der Waals surface area contributed by atoms with Gasteiger partial charge in [0.15, 0.2) is 11.5 Å². The molecule has 3 rings (SSSR count). The molecular formula is C19H23NO2. The molecule has 0 radical (unpaired) electrons. The predicted octanol–water partition coefficient (Wildman–Crippen LogP) is 3.74. The van der Waals surface area contributed by atoms with E-state index in [0.717, 1.165) is 44.1 Å². The second-order valence-corrected chi connectivity index (χ2v) is 5.67. The largest absolute Gasteiger partial charge is 0.490 e. The normalized spacial score (nSPS) is 15.1. The molecule has 22 heavy (non-hydrogen) atoms. The molecule has 1 N–H and O–H groups in total. The maximum Gasteiger partial charge on any atom is 0.161 e. The molecule has 2 aromatic rings. The topological polar surface area (TPSA) is 30.5 Å². The highest BCUT2D eigenvalue weighted by Gasteiger charge is 2.13. The Morgan fingerprint density at radius 2 is 1.77 bits per heavy atom. The van der Waals surface area contributed by atoms with Crippen molar-refractivity contribution in [2.45, 2.75) is 25.8 Å². The van der Waals surface area contributed by atoms with E-state index in [-0.39, 0.29) is 0 Å². The van der Waals surface area contributed by atoms with Gasteiger partial charge in [0.2, 0.25) is 0 Å². The molecule has 2 aromatic carbocycles. The summed E-state index contributed by atoms with van der Waals surface area (Å²) < 4.78 is 11.4. The first kappa shape index (κ1) is 14.9. The van der Waals surface area contributed by atoms with E-state index in [0.29, 0.717) is 6.04 Å². The monoisotopic (exact) mass is 297 g/mol. The van der Waals surface area contributed by atoms with Gasteiger partial charge < -0.3 is 14.8 Å². The number of hydrogen-bond donors (Lipinski definition) is 1. The third kappa shape index (κ3) is 3.80. The van der Waals surface area contributed by atoms with Gasteiger partial charge in [0.1, 0.15) is 0 Å². The van der Waals surface area contributed by atoms with E-state index in [1.807, 2.05) is 6.07 Å². The zero-order valence-electron chi connectivity index (χ0n) is 13.0. The molecule has 0 aliphatic carbocycles. The van der Waals surface area contributed by atoms with Crippen molar-refractivity contribution in [3.05, 3.63) is 59.7 Å². The van der Waals surface area contributed by atoms with Crippen LogP contribution in [0.5, 0.6) is 11.5 Å². The summed E-state index contributed by atoms with van der Waals surface area (Å²) in [6, 6.07) is 17.1. The Balaban J connectivity index is 1.58. The van der Waals surface area contributed by atoms with Crippen molar-refractivity contribution >= 4 is 0 Å². The molecule has 0 bridgehead atoms. The molecule has 116 valence electrons. The van der Waals surface area contributed by atoms with Gasteiger partial charge in [0.25, 0.3) is 0 Å². The Kier molecular flexibility index (Phi) is 4.96. The average Bonchev–Trinajstić information content (AvgIpc) is 2.80. The summed E-state index contributed by atoms with van der Waals surface area (Å²) in [6.07, 6.45) is 1.98. The summed E-state index contributed by atoms with van der Waals surface area (Å²) in [4.78, 5) is 0. The first-order valence-corrected chi connectivity index (χ1v) is 8.00. The fourth-order valence-corrected chi connectivity index (χ4v) is 2.64. The summed E-state index contributed by atoms with van der Waals surface area (Å²) in [5.41, 5.74) is 2.60. The van der Waals surface area contributed by atoms with Crippen LogP contribution in [0, 0.1) is 0 Å². The van der Waals surface area contributed by atoms with Crippen molar-refractivity contribution in [1.29, 1.82) is 0 Å². The molecule has 3 nitrogen and oxygen atoms in total. The smallest absolute Gasteiger partial charge is 0.161 e. The number of ether oxygens (including phenoxy) is 2. The van der Waals surface area contributed by atoms with E-state index in [2.05, 4.69) is 54.7 Å². The van der Waals surface area contributed by atoms with Crippen LogP contribution in [-0.4, -0.2) is 19.8 Å². The van der Waals surface area contributed by atoms with Crippen molar-refractivity contribution in [1.82, 2.24) is 5.32 Å². The zero-order chi connectivity index (χ0) is 15.2. The first-order valence-electron chi connectivity index (χ1n) is 8.00. The van der Waals surface area contributed by atoms with Gasteiger partial charge in [-0.05, 0) is 43.1 Å². The molecule has 0 saturated carbocycles. The maximum absolute atomic E-state index is 5.76. The summed E-state index contributed by atoms with van der Waals surface area (Å²) in [5, 5.41) is 3.57. The summed E-state index contributed by atoms with van der Waals surface area (Å²) >= 11 is 0. The molecule has 1 aliphatic heterocycles. The van der Waals surface area contributed by atoms with Crippen molar-refractivity contribution in [3.8, 4) is 11.5 Å².